The Hall–Kier alpha value is -2.78. The molecule has 1 aromatic carbocycles. The van der Waals surface area contributed by atoms with Gasteiger partial charge >= 0.3 is 0 Å². The molecule has 1 fully saturated rings. The van der Waals surface area contributed by atoms with Gasteiger partial charge in [-0.15, -0.1) is 11.3 Å². The number of nitrogens with zero attached hydrogens (tertiary/aromatic N) is 1. The van der Waals surface area contributed by atoms with E-state index in [4.69, 9.17) is 18.9 Å². The molecule has 1 aromatic heterocycles. The molecular formula is C24H30N2O6S. The van der Waals surface area contributed by atoms with E-state index in [0.29, 0.717) is 65.6 Å². The lowest BCUT2D eigenvalue weighted by Gasteiger charge is -2.28. The quantitative estimate of drug-likeness (QED) is 0.688. The fourth-order valence-corrected chi connectivity index (χ4v) is 5.77. The maximum absolute atomic E-state index is 13.5. The third-order valence-electron chi connectivity index (χ3n) is 6.18. The minimum atomic E-state index is -0.336. The number of rotatable bonds is 6. The van der Waals surface area contributed by atoms with Crippen LogP contribution in [0.4, 0.5) is 5.00 Å². The van der Waals surface area contributed by atoms with Crippen LogP contribution in [0.3, 0.4) is 0 Å². The van der Waals surface area contributed by atoms with Gasteiger partial charge in [0.1, 0.15) is 5.00 Å². The lowest BCUT2D eigenvalue weighted by molar-refractivity contribution is 0.0303. The molecule has 0 spiro atoms. The zero-order valence-electron chi connectivity index (χ0n) is 19.5. The van der Waals surface area contributed by atoms with Crippen LogP contribution in [-0.4, -0.2) is 64.3 Å². The number of hydrogen-bond acceptors (Lipinski definition) is 7. The smallest absolute Gasteiger partial charge is 0.257 e. The highest BCUT2D eigenvalue weighted by atomic mass is 32.1. The molecule has 1 aliphatic heterocycles. The predicted molar refractivity (Wildman–Crippen MR) is 126 cm³/mol. The Morgan fingerprint density at radius 1 is 1.09 bits per heavy atom. The van der Waals surface area contributed by atoms with E-state index in [-0.39, 0.29) is 11.8 Å². The first-order valence-electron chi connectivity index (χ1n) is 11.1. The van der Waals surface area contributed by atoms with Crippen molar-refractivity contribution in [3.63, 3.8) is 0 Å². The Morgan fingerprint density at radius 3 is 2.36 bits per heavy atom. The van der Waals surface area contributed by atoms with Crippen molar-refractivity contribution in [3.8, 4) is 17.2 Å². The number of anilines is 1. The number of carbonyl (C=O) groups is 2. The van der Waals surface area contributed by atoms with Crippen LogP contribution in [0.1, 0.15) is 44.5 Å². The summed E-state index contributed by atoms with van der Waals surface area (Å²) in [6, 6.07) is 3.21. The summed E-state index contributed by atoms with van der Waals surface area (Å²) in [5.74, 6) is 1.39. The van der Waals surface area contributed by atoms with Crippen molar-refractivity contribution >= 4 is 28.2 Å². The molecule has 2 aliphatic rings. The molecule has 2 aromatic rings. The average molecular weight is 475 g/mol. The molecule has 1 saturated heterocycles. The van der Waals surface area contributed by atoms with Crippen molar-refractivity contribution in [2.45, 2.75) is 26.2 Å². The number of methoxy groups -OCH3 is 3. The number of carbonyl (C=O) groups excluding carboxylic acids is 2. The van der Waals surface area contributed by atoms with Gasteiger partial charge in [-0.1, -0.05) is 6.92 Å². The van der Waals surface area contributed by atoms with Crippen LogP contribution in [0.25, 0.3) is 0 Å². The van der Waals surface area contributed by atoms with Crippen LogP contribution in [0.2, 0.25) is 0 Å². The summed E-state index contributed by atoms with van der Waals surface area (Å²) in [4.78, 5) is 29.8. The fraction of sp³-hybridized carbons (Fsp3) is 0.500. The first kappa shape index (κ1) is 23.4. The number of hydrogen-bond donors (Lipinski definition) is 1. The van der Waals surface area contributed by atoms with Gasteiger partial charge in [0.25, 0.3) is 11.8 Å². The third kappa shape index (κ3) is 4.65. The minimum Gasteiger partial charge on any atom is -0.493 e. The first-order valence-corrected chi connectivity index (χ1v) is 11.9. The lowest BCUT2D eigenvalue weighted by Crippen LogP contribution is -2.41. The molecule has 2 amide bonds. The SMILES string of the molecule is COc1cc(C(=O)Nc2sc3c(c2C(=O)N2CCOCC2)CC[C@H](C)C3)cc(OC)c1OC. The molecule has 2 heterocycles. The Bertz CT molecular complexity index is 1020. The van der Waals surface area contributed by atoms with Gasteiger partial charge in [0.05, 0.1) is 40.1 Å². The monoisotopic (exact) mass is 474 g/mol. The number of thiophene rings is 1. The first-order chi connectivity index (χ1) is 16.0. The average Bonchev–Trinajstić information content (AvgIpc) is 3.19. The molecule has 0 radical (unpaired) electrons. The largest absolute Gasteiger partial charge is 0.493 e. The van der Waals surface area contributed by atoms with Crippen LogP contribution in [-0.2, 0) is 17.6 Å². The molecule has 0 saturated carbocycles. The lowest BCUT2D eigenvalue weighted by atomic mass is 9.88. The summed E-state index contributed by atoms with van der Waals surface area (Å²) >= 11 is 1.51. The van der Waals surface area contributed by atoms with Crippen molar-refractivity contribution in [1.82, 2.24) is 4.90 Å². The molecule has 1 aliphatic carbocycles. The number of amides is 2. The molecule has 33 heavy (non-hydrogen) atoms. The van der Waals surface area contributed by atoms with E-state index >= 15 is 0 Å². The Balaban J connectivity index is 1.69. The number of benzene rings is 1. The molecule has 4 rings (SSSR count). The number of nitrogens with one attached hydrogen (secondary N) is 1. The molecule has 8 nitrogen and oxygen atoms in total. The van der Waals surface area contributed by atoms with E-state index in [1.54, 1.807) is 12.1 Å². The second-order valence-electron chi connectivity index (χ2n) is 8.33. The van der Waals surface area contributed by atoms with Gasteiger partial charge in [0, 0.05) is 23.5 Å². The fourth-order valence-electron chi connectivity index (χ4n) is 4.38. The summed E-state index contributed by atoms with van der Waals surface area (Å²) in [6.45, 7) is 4.39. The predicted octanol–water partition coefficient (Wildman–Crippen LogP) is 3.62. The van der Waals surface area contributed by atoms with Crippen LogP contribution < -0.4 is 19.5 Å². The summed E-state index contributed by atoms with van der Waals surface area (Å²) < 4.78 is 21.5. The van der Waals surface area contributed by atoms with Crippen molar-refractivity contribution in [3.05, 3.63) is 33.7 Å². The van der Waals surface area contributed by atoms with Crippen molar-refractivity contribution in [1.29, 1.82) is 0 Å². The van der Waals surface area contributed by atoms with E-state index < -0.39 is 0 Å². The topological polar surface area (TPSA) is 86.3 Å². The number of fused-ring (bicyclic) bond motifs is 1. The van der Waals surface area contributed by atoms with Gasteiger partial charge in [0.15, 0.2) is 11.5 Å². The molecule has 0 bridgehead atoms. The zero-order chi connectivity index (χ0) is 23.5. The Labute approximate surface area is 197 Å². The van der Waals surface area contributed by atoms with Crippen molar-refractivity contribution in [2.75, 3.05) is 52.9 Å². The van der Waals surface area contributed by atoms with Gasteiger partial charge in [-0.05, 0) is 42.9 Å². The van der Waals surface area contributed by atoms with Gasteiger partial charge in [0.2, 0.25) is 5.75 Å². The molecule has 1 atom stereocenters. The summed E-state index contributed by atoms with van der Waals surface area (Å²) in [7, 11) is 4.53. The molecule has 0 unspecified atom stereocenters. The molecule has 9 heteroatoms. The Kier molecular flexibility index (Phi) is 7.09. The van der Waals surface area contributed by atoms with E-state index in [1.807, 2.05) is 4.90 Å². The standard InChI is InChI=1S/C24H30N2O6S/c1-14-5-6-16-19(11-14)33-23(20(16)24(28)26-7-9-32-10-8-26)25-22(27)15-12-17(29-2)21(31-4)18(13-15)30-3/h12-14H,5-11H2,1-4H3,(H,25,27)/t14-/m0/s1. The van der Waals surface area contributed by atoms with Crippen LogP contribution in [0.5, 0.6) is 17.2 Å². The second-order valence-corrected chi connectivity index (χ2v) is 9.43. The van der Waals surface area contributed by atoms with E-state index in [0.717, 1.165) is 24.8 Å². The van der Waals surface area contributed by atoms with Gasteiger partial charge in [-0.3, -0.25) is 9.59 Å². The highest BCUT2D eigenvalue weighted by molar-refractivity contribution is 7.17. The van der Waals surface area contributed by atoms with E-state index in [9.17, 15) is 9.59 Å². The van der Waals surface area contributed by atoms with Gasteiger partial charge in [-0.25, -0.2) is 0 Å². The van der Waals surface area contributed by atoms with Crippen molar-refractivity contribution in [2.24, 2.45) is 5.92 Å². The minimum absolute atomic E-state index is 0.0365. The summed E-state index contributed by atoms with van der Waals surface area (Å²) in [6.07, 6.45) is 2.80. The number of morpholine rings is 1. The van der Waals surface area contributed by atoms with Crippen LogP contribution >= 0.6 is 11.3 Å². The second kappa shape index (κ2) is 10.0. The van der Waals surface area contributed by atoms with Gasteiger partial charge in [-0.2, -0.15) is 0 Å². The Morgan fingerprint density at radius 2 is 1.76 bits per heavy atom. The number of ether oxygens (including phenoxy) is 4. The normalized spacial score (nSPS) is 17.8. The molecule has 1 N–H and O–H groups in total. The van der Waals surface area contributed by atoms with Crippen LogP contribution in [0.15, 0.2) is 12.1 Å². The van der Waals surface area contributed by atoms with E-state index in [1.165, 1.54) is 37.5 Å². The highest BCUT2D eigenvalue weighted by Gasteiger charge is 2.31. The summed E-state index contributed by atoms with van der Waals surface area (Å²) in [5, 5.41) is 3.61. The molecule has 178 valence electrons. The molecular weight excluding hydrogens is 444 g/mol. The summed E-state index contributed by atoms with van der Waals surface area (Å²) in [5.41, 5.74) is 2.06. The van der Waals surface area contributed by atoms with Crippen LogP contribution in [0, 0.1) is 5.92 Å². The highest BCUT2D eigenvalue weighted by Crippen LogP contribution is 2.42. The maximum Gasteiger partial charge on any atom is 0.257 e. The maximum atomic E-state index is 13.5. The van der Waals surface area contributed by atoms with E-state index in [2.05, 4.69) is 12.2 Å². The van der Waals surface area contributed by atoms with Crippen molar-refractivity contribution < 1.29 is 28.5 Å². The zero-order valence-corrected chi connectivity index (χ0v) is 20.3. The third-order valence-corrected chi connectivity index (χ3v) is 7.35. The van der Waals surface area contributed by atoms with Gasteiger partial charge < -0.3 is 29.2 Å².